The highest BCUT2D eigenvalue weighted by atomic mass is 16.5. The lowest BCUT2D eigenvalue weighted by Gasteiger charge is -2.30. The quantitative estimate of drug-likeness (QED) is 0.604. The molecule has 1 aliphatic carbocycles. The van der Waals surface area contributed by atoms with E-state index in [2.05, 4.69) is 6.92 Å². The lowest BCUT2D eigenvalue weighted by Crippen LogP contribution is -2.27. The Kier molecular flexibility index (Phi) is 6.19. The molecule has 2 rings (SSSR count). The summed E-state index contributed by atoms with van der Waals surface area (Å²) in [5.74, 6) is 1.53. The third-order valence-corrected chi connectivity index (χ3v) is 4.16. The molecule has 2 N–H and O–H groups in total. The summed E-state index contributed by atoms with van der Waals surface area (Å²) in [5.41, 5.74) is 6.53. The lowest BCUT2D eigenvalue weighted by molar-refractivity contribution is -0.0158. The smallest absolute Gasteiger partial charge is 0.142 e. The number of anilines is 1. The Balaban J connectivity index is 1.63. The summed E-state index contributed by atoms with van der Waals surface area (Å²) in [7, 11) is 0. The van der Waals surface area contributed by atoms with Gasteiger partial charge in [-0.3, -0.25) is 0 Å². The van der Waals surface area contributed by atoms with E-state index in [9.17, 15) is 0 Å². The summed E-state index contributed by atoms with van der Waals surface area (Å²) >= 11 is 0. The van der Waals surface area contributed by atoms with Crippen LogP contribution < -0.4 is 10.5 Å². The van der Waals surface area contributed by atoms with Gasteiger partial charge >= 0.3 is 0 Å². The molecule has 112 valence electrons. The summed E-state index contributed by atoms with van der Waals surface area (Å²) in [6, 6.07) is 7.62. The number of hydrogen-bond donors (Lipinski definition) is 1. The molecule has 0 radical (unpaired) electrons. The number of ether oxygens (including phenoxy) is 2. The third kappa shape index (κ3) is 4.41. The van der Waals surface area contributed by atoms with Crippen molar-refractivity contribution in [1.29, 1.82) is 0 Å². The van der Waals surface area contributed by atoms with Crippen LogP contribution in [0, 0.1) is 5.92 Å². The van der Waals surface area contributed by atoms with Crippen LogP contribution in [0.2, 0.25) is 0 Å². The van der Waals surface area contributed by atoms with E-state index in [-0.39, 0.29) is 0 Å². The molecular formula is C17H27NO2. The normalized spacial score (nSPS) is 22.6. The van der Waals surface area contributed by atoms with E-state index in [0.717, 1.165) is 24.7 Å². The second-order valence-corrected chi connectivity index (χ2v) is 5.60. The fraction of sp³-hybridized carbons (Fsp3) is 0.647. The van der Waals surface area contributed by atoms with Crippen LogP contribution in [0.15, 0.2) is 24.3 Å². The van der Waals surface area contributed by atoms with Gasteiger partial charge in [0.2, 0.25) is 0 Å². The molecule has 0 heterocycles. The molecule has 0 aromatic heterocycles. The highest BCUT2D eigenvalue weighted by molar-refractivity contribution is 5.51. The number of benzene rings is 1. The topological polar surface area (TPSA) is 44.5 Å². The first-order valence-corrected chi connectivity index (χ1v) is 7.90. The molecule has 0 aliphatic heterocycles. The van der Waals surface area contributed by atoms with Gasteiger partial charge in [0.05, 0.1) is 25.0 Å². The summed E-state index contributed by atoms with van der Waals surface area (Å²) in [5, 5.41) is 0. The number of rotatable bonds is 7. The van der Waals surface area contributed by atoms with Crippen LogP contribution in [-0.2, 0) is 4.74 Å². The van der Waals surface area contributed by atoms with E-state index < -0.39 is 0 Å². The van der Waals surface area contributed by atoms with Gasteiger partial charge in [-0.05, 0) is 30.9 Å². The average Bonchev–Trinajstić information content (AvgIpc) is 2.49. The van der Waals surface area contributed by atoms with Gasteiger partial charge in [-0.15, -0.1) is 0 Å². The van der Waals surface area contributed by atoms with E-state index in [1.807, 2.05) is 24.3 Å². The van der Waals surface area contributed by atoms with Gasteiger partial charge in [0.25, 0.3) is 0 Å². The summed E-state index contributed by atoms with van der Waals surface area (Å²) in [6.45, 7) is 3.72. The highest BCUT2D eigenvalue weighted by Crippen LogP contribution is 2.29. The van der Waals surface area contributed by atoms with Crippen LogP contribution in [-0.4, -0.2) is 19.3 Å². The summed E-state index contributed by atoms with van der Waals surface area (Å²) < 4.78 is 11.7. The largest absolute Gasteiger partial charge is 0.491 e. The third-order valence-electron chi connectivity index (χ3n) is 4.16. The molecule has 2 atom stereocenters. The molecule has 3 nitrogen and oxygen atoms in total. The summed E-state index contributed by atoms with van der Waals surface area (Å²) in [4.78, 5) is 0. The van der Waals surface area contributed by atoms with Crippen molar-refractivity contribution >= 4 is 5.69 Å². The molecule has 3 heteroatoms. The maximum Gasteiger partial charge on any atom is 0.142 e. The first-order valence-electron chi connectivity index (χ1n) is 7.90. The summed E-state index contributed by atoms with van der Waals surface area (Å²) in [6.07, 6.45) is 7.87. The van der Waals surface area contributed by atoms with Gasteiger partial charge in [0, 0.05) is 6.42 Å². The minimum atomic E-state index is 0.468. The van der Waals surface area contributed by atoms with Crippen molar-refractivity contribution < 1.29 is 9.47 Å². The molecule has 0 spiro atoms. The predicted molar refractivity (Wildman–Crippen MR) is 83.0 cm³/mol. The fourth-order valence-corrected chi connectivity index (χ4v) is 2.95. The molecule has 20 heavy (non-hydrogen) atoms. The van der Waals surface area contributed by atoms with Crippen LogP contribution in [0.1, 0.15) is 45.4 Å². The Morgan fingerprint density at radius 1 is 1.15 bits per heavy atom. The molecule has 1 aromatic rings. The monoisotopic (exact) mass is 277 g/mol. The fourth-order valence-electron chi connectivity index (χ4n) is 2.95. The van der Waals surface area contributed by atoms with Crippen LogP contribution >= 0.6 is 0 Å². The number of nitrogens with two attached hydrogens (primary N) is 1. The molecule has 0 bridgehead atoms. The minimum absolute atomic E-state index is 0.468. The van der Waals surface area contributed by atoms with Crippen LogP contribution in [0.5, 0.6) is 5.75 Å². The molecule has 1 saturated carbocycles. The van der Waals surface area contributed by atoms with E-state index in [1.54, 1.807) is 0 Å². The lowest BCUT2D eigenvalue weighted by atomic mass is 9.85. The number of nitrogen functional groups attached to an aromatic ring is 1. The van der Waals surface area contributed by atoms with Crippen molar-refractivity contribution in [3.63, 3.8) is 0 Å². The van der Waals surface area contributed by atoms with Crippen molar-refractivity contribution in [2.75, 3.05) is 18.9 Å². The zero-order chi connectivity index (χ0) is 14.2. The Morgan fingerprint density at radius 3 is 2.75 bits per heavy atom. The van der Waals surface area contributed by atoms with Gasteiger partial charge in [0.15, 0.2) is 0 Å². The molecule has 1 fully saturated rings. The van der Waals surface area contributed by atoms with Crippen molar-refractivity contribution in [2.24, 2.45) is 5.92 Å². The second kappa shape index (κ2) is 8.15. The van der Waals surface area contributed by atoms with Gasteiger partial charge in [-0.25, -0.2) is 0 Å². The van der Waals surface area contributed by atoms with Gasteiger partial charge < -0.3 is 15.2 Å². The van der Waals surface area contributed by atoms with Gasteiger partial charge in [-0.1, -0.05) is 38.3 Å². The number of hydrogen-bond acceptors (Lipinski definition) is 3. The Morgan fingerprint density at radius 2 is 1.95 bits per heavy atom. The minimum Gasteiger partial charge on any atom is -0.491 e. The first kappa shape index (κ1) is 15.2. The van der Waals surface area contributed by atoms with E-state index in [0.29, 0.717) is 18.4 Å². The molecule has 1 aromatic carbocycles. The standard InChI is InChI=1S/C17H27NO2/c1-2-14-8-3-5-10-16(14)19-12-7-13-20-17-11-6-4-9-15(17)18/h4,6,9,11,14,16H,2-3,5,7-8,10,12-13,18H2,1H3. The zero-order valence-corrected chi connectivity index (χ0v) is 12.5. The van der Waals surface area contributed by atoms with E-state index >= 15 is 0 Å². The van der Waals surface area contributed by atoms with E-state index in [4.69, 9.17) is 15.2 Å². The molecular weight excluding hydrogens is 250 g/mol. The van der Waals surface area contributed by atoms with Crippen molar-refractivity contribution in [1.82, 2.24) is 0 Å². The maximum atomic E-state index is 6.04. The molecule has 0 saturated heterocycles. The van der Waals surface area contributed by atoms with Gasteiger partial charge in [-0.2, -0.15) is 0 Å². The molecule has 1 aliphatic rings. The Hall–Kier alpha value is -1.22. The molecule has 2 unspecified atom stereocenters. The molecule has 0 amide bonds. The Labute approximate surface area is 122 Å². The van der Waals surface area contributed by atoms with Crippen molar-refractivity contribution in [3.05, 3.63) is 24.3 Å². The van der Waals surface area contributed by atoms with Gasteiger partial charge in [0.1, 0.15) is 5.75 Å². The maximum absolute atomic E-state index is 6.04. The number of para-hydroxylation sites is 2. The highest BCUT2D eigenvalue weighted by Gasteiger charge is 2.23. The first-order chi connectivity index (χ1) is 9.81. The van der Waals surface area contributed by atoms with E-state index in [1.165, 1.54) is 32.1 Å². The van der Waals surface area contributed by atoms with Crippen molar-refractivity contribution in [3.8, 4) is 5.75 Å². The Bertz CT molecular complexity index is 394. The van der Waals surface area contributed by atoms with Crippen LogP contribution in [0.3, 0.4) is 0 Å². The average molecular weight is 277 g/mol. The van der Waals surface area contributed by atoms with Crippen molar-refractivity contribution in [2.45, 2.75) is 51.6 Å². The predicted octanol–water partition coefficient (Wildman–Crippen LogP) is 4.02. The SMILES string of the molecule is CCC1CCCCC1OCCCOc1ccccc1N. The van der Waals surface area contributed by atoms with Crippen LogP contribution in [0.25, 0.3) is 0 Å². The van der Waals surface area contributed by atoms with Crippen LogP contribution in [0.4, 0.5) is 5.69 Å². The second-order valence-electron chi connectivity index (χ2n) is 5.60. The zero-order valence-electron chi connectivity index (χ0n) is 12.5.